The molecule has 128 valence electrons. The lowest BCUT2D eigenvalue weighted by Gasteiger charge is -2.21. The monoisotopic (exact) mass is 335 g/mol. The SMILES string of the molecule is CC(=O)N(CCC(=O)Nc1ccc(C#N)cc1)Cc1ccc(C)cc1. The number of aryl methyl sites for hydroxylation is 1. The van der Waals surface area contributed by atoms with E-state index in [-0.39, 0.29) is 18.2 Å². The van der Waals surface area contributed by atoms with Crippen molar-refractivity contribution < 1.29 is 9.59 Å². The van der Waals surface area contributed by atoms with E-state index in [2.05, 4.69) is 5.32 Å². The van der Waals surface area contributed by atoms with Crippen LogP contribution in [0.15, 0.2) is 48.5 Å². The Morgan fingerprint density at radius 3 is 2.28 bits per heavy atom. The van der Waals surface area contributed by atoms with Crippen molar-refractivity contribution in [1.82, 2.24) is 4.90 Å². The first-order valence-electron chi connectivity index (χ1n) is 8.09. The van der Waals surface area contributed by atoms with Crippen molar-refractivity contribution in [1.29, 1.82) is 5.26 Å². The Balaban J connectivity index is 1.89. The summed E-state index contributed by atoms with van der Waals surface area (Å²) in [4.78, 5) is 25.6. The summed E-state index contributed by atoms with van der Waals surface area (Å²) >= 11 is 0. The zero-order valence-electron chi connectivity index (χ0n) is 14.5. The minimum absolute atomic E-state index is 0.0632. The zero-order chi connectivity index (χ0) is 18.2. The van der Waals surface area contributed by atoms with Crippen LogP contribution in [0, 0.1) is 18.3 Å². The molecule has 0 bridgehead atoms. The third-order valence-electron chi connectivity index (χ3n) is 3.85. The van der Waals surface area contributed by atoms with Gasteiger partial charge in [0.05, 0.1) is 11.6 Å². The van der Waals surface area contributed by atoms with E-state index in [0.29, 0.717) is 24.3 Å². The number of carbonyl (C=O) groups is 2. The Bertz CT molecular complexity index is 774. The Hall–Kier alpha value is -3.13. The van der Waals surface area contributed by atoms with Crippen molar-refractivity contribution in [2.75, 3.05) is 11.9 Å². The van der Waals surface area contributed by atoms with Gasteiger partial charge in [0.15, 0.2) is 0 Å². The Morgan fingerprint density at radius 1 is 1.08 bits per heavy atom. The number of hydrogen-bond donors (Lipinski definition) is 1. The maximum Gasteiger partial charge on any atom is 0.226 e. The number of amides is 2. The number of nitrogens with zero attached hydrogens (tertiary/aromatic N) is 2. The molecular weight excluding hydrogens is 314 g/mol. The minimum Gasteiger partial charge on any atom is -0.338 e. The Morgan fingerprint density at radius 2 is 1.72 bits per heavy atom. The highest BCUT2D eigenvalue weighted by molar-refractivity contribution is 5.91. The molecular formula is C20H21N3O2. The van der Waals surface area contributed by atoms with Crippen molar-refractivity contribution in [2.45, 2.75) is 26.8 Å². The third-order valence-corrected chi connectivity index (χ3v) is 3.85. The van der Waals surface area contributed by atoms with Crippen LogP contribution in [-0.2, 0) is 16.1 Å². The molecule has 0 atom stereocenters. The Labute approximate surface area is 147 Å². The Kier molecular flexibility index (Phi) is 6.30. The predicted octanol–water partition coefficient (Wildman–Crippen LogP) is 3.24. The zero-order valence-corrected chi connectivity index (χ0v) is 14.5. The summed E-state index contributed by atoms with van der Waals surface area (Å²) in [5.74, 6) is -0.230. The van der Waals surface area contributed by atoms with Crippen LogP contribution in [0.5, 0.6) is 0 Å². The van der Waals surface area contributed by atoms with E-state index in [1.807, 2.05) is 37.3 Å². The molecule has 2 rings (SSSR count). The maximum atomic E-state index is 12.1. The molecule has 0 aliphatic heterocycles. The standard InChI is InChI=1S/C20H21N3O2/c1-15-3-5-18(6-4-15)14-23(16(2)24)12-11-20(25)22-19-9-7-17(13-21)8-10-19/h3-10H,11-12,14H2,1-2H3,(H,22,25). The van der Waals surface area contributed by atoms with E-state index in [4.69, 9.17) is 5.26 Å². The summed E-state index contributed by atoms with van der Waals surface area (Å²) in [6.07, 6.45) is 0.214. The molecule has 0 saturated heterocycles. The first kappa shape index (κ1) is 18.2. The molecule has 0 saturated carbocycles. The number of carbonyl (C=O) groups excluding carboxylic acids is 2. The molecule has 0 radical (unpaired) electrons. The summed E-state index contributed by atoms with van der Waals surface area (Å²) in [6.45, 7) is 4.36. The lowest BCUT2D eigenvalue weighted by Crippen LogP contribution is -2.31. The van der Waals surface area contributed by atoms with Gasteiger partial charge in [0.1, 0.15) is 0 Å². The fourth-order valence-electron chi connectivity index (χ4n) is 2.35. The molecule has 0 aromatic heterocycles. The fourth-order valence-corrected chi connectivity index (χ4v) is 2.35. The van der Waals surface area contributed by atoms with Crippen LogP contribution >= 0.6 is 0 Å². The highest BCUT2D eigenvalue weighted by atomic mass is 16.2. The quantitative estimate of drug-likeness (QED) is 0.881. The molecule has 0 spiro atoms. The molecule has 0 aliphatic carbocycles. The predicted molar refractivity (Wildman–Crippen MR) is 96.7 cm³/mol. The van der Waals surface area contributed by atoms with Crippen molar-refractivity contribution in [3.8, 4) is 6.07 Å². The average molecular weight is 335 g/mol. The summed E-state index contributed by atoms with van der Waals surface area (Å²) in [7, 11) is 0. The van der Waals surface area contributed by atoms with Gasteiger partial charge in [-0.05, 0) is 36.8 Å². The second kappa shape index (κ2) is 8.65. The van der Waals surface area contributed by atoms with Crippen molar-refractivity contribution in [3.05, 3.63) is 65.2 Å². The molecule has 1 N–H and O–H groups in total. The average Bonchev–Trinajstić information content (AvgIpc) is 2.60. The number of nitriles is 1. The van der Waals surface area contributed by atoms with Crippen LogP contribution in [0.25, 0.3) is 0 Å². The van der Waals surface area contributed by atoms with E-state index in [1.165, 1.54) is 12.5 Å². The van der Waals surface area contributed by atoms with Crippen LogP contribution in [0.4, 0.5) is 5.69 Å². The van der Waals surface area contributed by atoms with Gasteiger partial charge in [-0.15, -0.1) is 0 Å². The third kappa shape index (κ3) is 5.78. The van der Waals surface area contributed by atoms with Gasteiger partial charge in [-0.1, -0.05) is 29.8 Å². The molecule has 2 aromatic rings. The van der Waals surface area contributed by atoms with E-state index < -0.39 is 0 Å². The first-order valence-corrected chi connectivity index (χ1v) is 8.09. The van der Waals surface area contributed by atoms with E-state index >= 15 is 0 Å². The molecule has 5 nitrogen and oxygen atoms in total. The van der Waals surface area contributed by atoms with Crippen molar-refractivity contribution >= 4 is 17.5 Å². The second-order valence-electron chi connectivity index (χ2n) is 5.91. The summed E-state index contributed by atoms with van der Waals surface area (Å²) in [5, 5.41) is 11.5. The molecule has 2 aromatic carbocycles. The van der Waals surface area contributed by atoms with Crippen LogP contribution in [0.2, 0.25) is 0 Å². The second-order valence-corrected chi connectivity index (χ2v) is 5.91. The smallest absolute Gasteiger partial charge is 0.226 e. The van der Waals surface area contributed by atoms with Crippen molar-refractivity contribution in [3.63, 3.8) is 0 Å². The first-order chi connectivity index (χ1) is 12.0. The molecule has 25 heavy (non-hydrogen) atoms. The highest BCUT2D eigenvalue weighted by Crippen LogP contribution is 2.11. The highest BCUT2D eigenvalue weighted by Gasteiger charge is 2.12. The van der Waals surface area contributed by atoms with Crippen LogP contribution < -0.4 is 5.32 Å². The van der Waals surface area contributed by atoms with Gasteiger partial charge >= 0.3 is 0 Å². The van der Waals surface area contributed by atoms with Gasteiger partial charge < -0.3 is 10.2 Å². The van der Waals surface area contributed by atoms with Gasteiger partial charge in [0.2, 0.25) is 11.8 Å². The van der Waals surface area contributed by atoms with Crippen LogP contribution in [0.3, 0.4) is 0 Å². The molecule has 0 heterocycles. The van der Waals surface area contributed by atoms with Gasteiger partial charge in [-0.25, -0.2) is 0 Å². The van der Waals surface area contributed by atoms with E-state index in [1.54, 1.807) is 29.2 Å². The largest absolute Gasteiger partial charge is 0.338 e. The maximum absolute atomic E-state index is 12.1. The number of anilines is 1. The van der Waals surface area contributed by atoms with Gasteiger partial charge in [-0.2, -0.15) is 5.26 Å². The lowest BCUT2D eigenvalue weighted by atomic mass is 10.1. The fraction of sp³-hybridized carbons (Fsp3) is 0.250. The van der Waals surface area contributed by atoms with Crippen LogP contribution in [-0.4, -0.2) is 23.3 Å². The lowest BCUT2D eigenvalue weighted by molar-refractivity contribution is -0.129. The molecule has 0 fully saturated rings. The van der Waals surface area contributed by atoms with E-state index in [9.17, 15) is 9.59 Å². The van der Waals surface area contributed by atoms with Crippen LogP contribution in [0.1, 0.15) is 30.0 Å². The summed E-state index contributed by atoms with van der Waals surface area (Å²) in [5.41, 5.74) is 3.38. The number of rotatable bonds is 6. The molecule has 0 unspecified atom stereocenters. The van der Waals surface area contributed by atoms with Gasteiger partial charge in [-0.3, -0.25) is 9.59 Å². The van der Waals surface area contributed by atoms with Gasteiger partial charge in [0.25, 0.3) is 0 Å². The number of nitrogens with one attached hydrogen (secondary N) is 1. The van der Waals surface area contributed by atoms with Gasteiger partial charge in [0, 0.05) is 32.1 Å². The van der Waals surface area contributed by atoms with Crippen molar-refractivity contribution in [2.24, 2.45) is 0 Å². The number of hydrogen-bond acceptors (Lipinski definition) is 3. The molecule has 2 amide bonds. The molecule has 0 aliphatic rings. The topological polar surface area (TPSA) is 73.2 Å². The normalized spacial score (nSPS) is 9.96. The molecule has 5 heteroatoms. The summed E-state index contributed by atoms with van der Waals surface area (Å²) in [6, 6.07) is 16.7. The van der Waals surface area contributed by atoms with E-state index in [0.717, 1.165) is 5.56 Å². The minimum atomic E-state index is -0.167. The summed E-state index contributed by atoms with van der Waals surface area (Å²) < 4.78 is 0. The number of benzene rings is 2.